The molecule has 0 heterocycles. The lowest BCUT2D eigenvalue weighted by atomic mass is 10.2. The van der Waals surface area contributed by atoms with Crippen LogP contribution < -0.4 is 15.5 Å². The Bertz CT molecular complexity index is 1020. The molecule has 8 heteroatoms. The summed E-state index contributed by atoms with van der Waals surface area (Å²) in [5, 5.41) is 26.1. The van der Waals surface area contributed by atoms with Gasteiger partial charge in [-0.1, -0.05) is 36.4 Å². The van der Waals surface area contributed by atoms with Crippen LogP contribution in [0.15, 0.2) is 88.1 Å². The van der Waals surface area contributed by atoms with Gasteiger partial charge in [-0.25, -0.2) is 0 Å². The maximum absolute atomic E-state index is 10.3. The number of phenols is 1. The summed E-state index contributed by atoms with van der Waals surface area (Å²) in [5.74, 6) is 0.208. The number of methoxy groups -OCH3 is 1. The van der Waals surface area contributed by atoms with Crippen LogP contribution in [0.1, 0.15) is 5.56 Å². The van der Waals surface area contributed by atoms with Crippen LogP contribution in [-0.4, -0.2) is 23.5 Å². The number of anilines is 1. The summed E-state index contributed by atoms with van der Waals surface area (Å²) in [5.41, 5.74) is 5.18. The molecule has 3 aromatic rings. The molecule has 0 fully saturated rings. The lowest BCUT2D eigenvalue weighted by molar-refractivity contribution is 0.373. The molecule has 3 aromatic carbocycles. The van der Waals surface area contributed by atoms with E-state index in [4.69, 9.17) is 17.0 Å². The molecule has 7 nitrogen and oxygen atoms in total. The third kappa shape index (κ3) is 5.85. The Hall–Kier alpha value is -3.78. The van der Waals surface area contributed by atoms with Crippen LogP contribution in [0.25, 0.3) is 0 Å². The van der Waals surface area contributed by atoms with Crippen molar-refractivity contribution in [3.8, 4) is 11.5 Å². The number of rotatable bonds is 6. The van der Waals surface area contributed by atoms with Crippen molar-refractivity contribution in [1.82, 2.24) is 5.43 Å². The number of hydrogen-bond donors (Lipinski definition) is 3. The smallest absolute Gasteiger partial charge is 0.191 e. The van der Waals surface area contributed by atoms with Gasteiger partial charge in [0.15, 0.2) is 16.6 Å². The van der Waals surface area contributed by atoms with E-state index >= 15 is 0 Å². The summed E-state index contributed by atoms with van der Waals surface area (Å²) in [6, 6.07) is 22.1. The number of hydrazone groups is 1. The number of ether oxygens (including phenoxy) is 1. The van der Waals surface area contributed by atoms with Crippen molar-refractivity contribution in [2.75, 3.05) is 12.4 Å². The van der Waals surface area contributed by atoms with Gasteiger partial charge < -0.3 is 15.2 Å². The molecule has 0 aliphatic rings. The average molecular weight is 405 g/mol. The van der Waals surface area contributed by atoms with E-state index in [0.717, 1.165) is 5.69 Å². The molecule has 0 spiro atoms. The fourth-order valence-electron chi connectivity index (χ4n) is 2.38. The van der Waals surface area contributed by atoms with Crippen molar-refractivity contribution in [2.45, 2.75) is 0 Å². The van der Waals surface area contributed by atoms with Gasteiger partial charge in [0, 0.05) is 17.3 Å². The van der Waals surface area contributed by atoms with Gasteiger partial charge in [-0.2, -0.15) is 15.3 Å². The summed E-state index contributed by atoms with van der Waals surface area (Å²) in [6.45, 7) is 0. The second kappa shape index (κ2) is 9.95. The first-order valence-corrected chi connectivity index (χ1v) is 9.09. The molecule has 0 aliphatic heterocycles. The lowest BCUT2D eigenvalue weighted by Crippen LogP contribution is -2.23. The van der Waals surface area contributed by atoms with E-state index in [1.165, 1.54) is 13.3 Å². The molecular formula is C21H19N5O2S. The number of hydrogen-bond acceptors (Lipinski definition) is 6. The predicted molar refractivity (Wildman–Crippen MR) is 119 cm³/mol. The van der Waals surface area contributed by atoms with Crippen molar-refractivity contribution in [3.63, 3.8) is 0 Å². The van der Waals surface area contributed by atoms with Gasteiger partial charge in [0.05, 0.1) is 24.7 Å². The highest BCUT2D eigenvalue weighted by Gasteiger charge is 2.09. The maximum Gasteiger partial charge on any atom is 0.191 e. The van der Waals surface area contributed by atoms with E-state index in [0.29, 0.717) is 22.1 Å². The third-order valence-corrected chi connectivity index (χ3v) is 3.94. The van der Waals surface area contributed by atoms with Gasteiger partial charge in [-0.05, 0) is 42.5 Å². The minimum Gasteiger partial charge on any atom is -0.504 e. The predicted octanol–water partition coefficient (Wildman–Crippen LogP) is 5.14. The molecule has 0 saturated carbocycles. The Balaban J connectivity index is 1.73. The highest BCUT2D eigenvalue weighted by atomic mass is 32.1. The molecule has 3 N–H and O–H groups in total. The molecule has 0 amide bonds. The van der Waals surface area contributed by atoms with Crippen molar-refractivity contribution >= 4 is 40.6 Å². The normalized spacial score (nSPS) is 10.9. The van der Waals surface area contributed by atoms with Gasteiger partial charge in [-0.15, -0.1) is 0 Å². The van der Waals surface area contributed by atoms with Crippen LogP contribution in [-0.2, 0) is 0 Å². The van der Waals surface area contributed by atoms with Gasteiger partial charge in [0.25, 0.3) is 0 Å². The number of nitrogens with one attached hydrogen (secondary N) is 2. The van der Waals surface area contributed by atoms with Gasteiger partial charge in [-0.3, -0.25) is 5.43 Å². The first kappa shape index (κ1) is 20.0. The van der Waals surface area contributed by atoms with Crippen LogP contribution in [0, 0.1) is 0 Å². The Morgan fingerprint density at radius 1 is 0.966 bits per heavy atom. The van der Waals surface area contributed by atoms with Crippen molar-refractivity contribution in [2.24, 2.45) is 15.3 Å². The Morgan fingerprint density at radius 3 is 2.31 bits per heavy atom. The van der Waals surface area contributed by atoms with Crippen LogP contribution in [0.4, 0.5) is 17.1 Å². The van der Waals surface area contributed by atoms with Gasteiger partial charge in [0.1, 0.15) is 0 Å². The zero-order valence-corrected chi connectivity index (χ0v) is 16.4. The highest BCUT2D eigenvalue weighted by Crippen LogP contribution is 2.34. The van der Waals surface area contributed by atoms with Crippen molar-refractivity contribution in [3.05, 3.63) is 78.4 Å². The van der Waals surface area contributed by atoms with Crippen molar-refractivity contribution in [1.29, 1.82) is 0 Å². The number of phenolic OH excluding ortho intramolecular Hbond substituents is 1. The van der Waals surface area contributed by atoms with E-state index < -0.39 is 0 Å². The van der Waals surface area contributed by atoms with Crippen LogP contribution in [0.2, 0.25) is 0 Å². The summed E-state index contributed by atoms with van der Waals surface area (Å²) in [6.07, 6.45) is 1.43. The maximum atomic E-state index is 10.3. The fourth-order valence-corrected chi connectivity index (χ4v) is 2.55. The molecule has 0 radical (unpaired) electrons. The molecule has 0 aliphatic carbocycles. The zero-order chi connectivity index (χ0) is 20.5. The molecule has 3 rings (SSSR count). The van der Waals surface area contributed by atoms with E-state index in [9.17, 15) is 5.11 Å². The fraction of sp³-hybridized carbons (Fsp3) is 0.0476. The molecule has 0 bridgehead atoms. The number of benzene rings is 3. The quantitative estimate of drug-likeness (QED) is 0.229. The first-order chi connectivity index (χ1) is 14.2. The van der Waals surface area contributed by atoms with Crippen LogP contribution >= 0.6 is 12.2 Å². The molecule has 0 saturated heterocycles. The lowest BCUT2D eigenvalue weighted by Gasteiger charge is -2.08. The van der Waals surface area contributed by atoms with Crippen LogP contribution in [0.3, 0.4) is 0 Å². The molecule has 146 valence electrons. The van der Waals surface area contributed by atoms with Crippen molar-refractivity contribution < 1.29 is 9.84 Å². The van der Waals surface area contributed by atoms with E-state index in [2.05, 4.69) is 26.1 Å². The van der Waals surface area contributed by atoms with E-state index in [1.807, 2.05) is 60.7 Å². The number of thiocarbonyl (C=S) groups is 1. The number of para-hydroxylation sites is 1. The average Bonchev–Trinajstić information content (AvgIpc) is 2.75. The Morgan fingerprint density at radius 2 is 1.62 bits per heavy atom. The highest BCUT2D eigenvalue weighted by molar-refractivity contribution is 7.80. The minimum absolute atomic E-state index is 0.0568. The third-order valence-electron chi connectivity index (χ3n) is 3.75. The van der Waals surface area contributed by atoms with Crippen LogP contribution in [0.5, 0.6) is 11.5 Å². The van der Waals surface area contributed by atoms with Gasteiger partial charge >= 0.3 is 0 Å². The zero-order valence-electron chi connectivity index (χ0n) is 15.6. The topological polar surface area (TPSA) is 90.6 Å². The first-order valence-electron chi connectivity index (χ1n) is 8.68. The molecule has 0 unspecified atom stereocenters. The molecule has 0 atom stereocenters. The second-order valence-corrected chi connectivity index (χ2v) is 6.22. The summed E-state index contributed by atoms with van der Waals surface area (Å²) >= 11 is 5.20. The molecular weight excluding hydrogens is 386 g/mol. The van der Waals surface area contributed by atoms with E-state index in [-0.39, 0.29) is 11.5 Å². The standard InChI is InChI=1S/C21H19N5O2S/c1-28-19-13-18(25-24-17-10-6-3-7-11-17)12-15(20(19)27)14-22-26-21(29)23-16-8-4-2-5-9-16/h2-14,27H,1H3,(H2,23,26,29)/b22-14+,25-24?. The van der Waals surface area contributed by atoms with Gasteiger partial charge in [0.2, 0.25) is 0 Å². The number of azo groups is 1. The Labute approximate surface area is 173 Å². The number of nitrogens with zero attached hydrogens (tertiary/aromatic N) is 3. The minimum atomic E-state index is -0.0568. The largest absolute Gasteiger partial charge is 0.504 e. The SMILES string of the molecule is COc1cc(N=Nc2ccccc2)cc(/C=N/NC(=S)Nc2ccccc2)c1O. The Kier molecular flexibility index (Phi) is 6.85. The monoisotopic (exact) mass is 405 g/mol. The number of aromatic hydroxyl groups is 1. The molecule has 0 aromatic heterocycles. The second-order valence-electron chi connectivity index (χ2n) is 5.81. The summed E-state index contributed by atoms with van der Waals surface area (Å²) in [7, 11) is 1.46. The summed E-state index contributed by atoms with van der Waals surface area (Å²) < 4.78 is 5.21. The van der Waals surface area contributed by atoms with E-state index in [1.54, 1.807) is 12.1 Å². The summed E-state index contributed by atoms with van der Waals surface area (Å²) in [4.78, 5) is 0. The molecule has 29 heavy (non-hydrogen) atoms.